The smallest absolute Gasteiger partial charge is 0.354 e. The molecule has 0 amide bonds. The number of hydrogen-bond donors (Lipinski definition) is 3. The van der Waals surface area contributed by atoms with E-state index in [9.17, 15) is 9.59 Å². The molecule has 0 aliphatic carbocycles. The normalized spacial score (nSPS) is 18.0. The van der Waals surface area contributed by atoms with Crippen LogP contribution in [0.25, 0.3) is 0 Å². The molecule has 1 aromatic rings. The highest BCUT2D eigenvalue weighted by Gasteiger charge is 2.27. The Kier molecular flexibility index (Phi) is 2.03. The summed E-state index contributed by atoms with van der Waals surface area (Å²) in [6.07, 6.45) is 0.331. The number of nitrogens with one attached hydrogen (secondary N) is 1. The molecule has 2 rings (SSSR count). The van der Waals surface area contributed by atoms with E-state index in [0.717, 1.165) is 5.56 Å². The number of carbonyl (C=O) groups is 2. The van der Waals surface area contributed by atoms with Crippen LogP contribution in [0.4, 0.5) is 5.82 Å². The lowest BCUT2D eigenvalue weighted by Crippen LogP contribution is -2.26. The van der Waals surface area contributed by atoms with Gasteiger partial charge in [-0.2, -0.15) is 0 Å². The van der Waals surface area contributed by atoms with E-state index >= 15 is 0 Å². The van der Waals surface area contributed by atoms with Gasteiger partial charge in [-0.15, -0.1) is 0 Å². The summed E-state index contributed by atoms with van der Waals surface area (Å²) in [5.74, 6) is -1.74. The van der Waals surface area contributed by atoms with Gasteiger partial charge in [0.1, 0.15) is 11.9 Å². The van der Waals surface area contributed by atoms with Crippen molar-refractivity contribution in [3.05, 3.63) is 23.4 Å². The minimum atomic E-state index is -1.13. The summed E-state index contributed by atoms with van der Waals surface area (Å²) >= 11 is 0. The quantitative estimate of drug-likeness (QED) is 0.642. The van der Waals surface area contributed by atoms with Crippen LogP contribution >= 0.6 is 0 Å². The second-order valence-electron chi connectivity index (χ2n) is 3.25. The number of pyridine rings is 1. The number of anilines is 1. The van der Waals surface area contributed by atoms with Gasteiger partial charge in [0.15, 0.2) is 5.69 Å². The zero-order valence-electron chi connectivity index (χ0n) is 7.60. The van der Waals surface area contributed by atoms with Crippen molar-refractivity contribution >= 4 is 17.8 Å². The van der Waals surface area contributed by atoms with E-state index in [1.54, 1.807) is 6.07 Å². The number of nitrogens with zero attached hydrogens (tertiary/aromatic N) is 1. The number of carboxylic acid groups (broad SMARTS) is 2. The van der Waals surface area contributed by atoms with E-state index < -0.39 is 18.0 Å². The molecule has 1 aliphatic heterocycles. The lowest BCUT2D eigenvalue weighted by molar-refractivity contribution is -0.137. The highest BCUT2D eigenvalue weighted by molar-refractivity contribution is 5.87. The molecule has 6 nitrogen and oxygen atoms in total. The van der Waals surface area contributed by atoms with E-state index in [0.29, 0.717) is 12.2 Å². The van der Waals surface area contributed by atoms with Gasteiger partial charge in [-0.25, -0.2) is 14.6 Å². The van der Waals surface area contributed by atoms with Gasteiger partial charge in [0.25, 0.3) is 0 Å². The zero-order chi connectivity index (χ0) is 11.0. The first-order valence-corrected chi connectivity index (χ1v) is 4.30. The van der Waals surface area contributed by atoms with Gasteiger partial charge in [-0.05, 0) is 11.6 Å². The minimum Gasteiger partial charge on any atom is -0.480 e. The van der Waals surface area contributed by atoms with Crippen LogP contribution in [0.15, 0.2) is 12.1 Å². The molecular weight excluding hydrogens is 200 g/mol. The summed E-state index contributed by atoms with van der Waals surface area (Å²) in [6.45, 7) is 0. The number of aliphatic carboxylic acids is 1. The Hall–Kier alpha value is -2.11. The maximum atomic E-state index is 10.7. The van der Waals surface area contributed by atoms with Gasteiger partial charge in [0, 0.05) is 6.42 Å². The van der Waals surface area contributed by atoms with Crippen LogP contribution in [0.2, 0.25) is 0 Å². The molecule has 0 aromatic carbocycles. The lowest BCUT2D eigenvalue weighted by atomic mass is 10.1. The molecule has 1 aliphatic rings. The van der Waals surface area contributed by atoms with E-state index in [2.05, 4.69) is 10.3 Å². The van der Waals surface area contributed by atoms with E-state index in [1.165, 1.54) is 6.07 Å². The van der Waals surface area contributed by atoms with Crippen molar-refractivity contribution in [2.24, 2.45) is 0 Å². The molecule has 1 aromatic heterocycles. The highest BCUT2D eigenvalue weighted by Crippen LogP contribution is 2.23. The maximum absolute atomic E-state index is 10.7. The number of rotatable bonds is 2. The van der Waals surface area contributed by atoms with Gasteiger partial charge in [-0.3, -0.25) is 0 Å². The first-order valence-electron chi connectivity index (χ1n) is 4.30. The third-order valence-corrected chi connectivity index (χ3v) is 2.23. The number of hydrogen-bond acceptors (Lipinski definition) is 4. The number of aromatic nitrogens is 1. The molecule has 1 unspecified atom stereocenters. The molecule has 0 saturated heterocycles. The summed E-state index contributed by atoms with van der Waals surface area (Å²) in [5, 5.41) is 20.1. The standard InChI is InChI=1S/C9H8N2O4/c12-8(13)5-2-1-4-3-6(9(14)15)11-7(4)10-5/h1-2,6H,3H2,(H,10,11)(H,12,13)(H,14,15). The summed E-state index contributed by atoms with van der Waals surface area (Å²) in [5.41, 5.74) is 0.639. The summed E-state index contributed by atoms with van der Waals surface area (Å²) in [7, 11) is 0. The van der Waals surface area contributed by atoms with Crippen LogP contribution in [-0.2, 0) is 11.2 Å². The highest BCUT2D eigenvalue weighted by atomic mass is 16.4. The molecule has 0 bridgehead atoms. The van der Waals surface area contributed by atoms with Crippen LogP contribution in [0.1, 0.15) is 16.1 Å². The summed E-state index contributed by atoms with van der Waals surface area (Å²) in [4.78, 5) is 25.1. The van der Waals surface area contributed by atoms with Gasteiger partial charge in [0.2, 0.25) is 0 Å². The molecule has 2 heterocycles. The molecule has 78 valence electrons. The maximum Gasteiger partial charge on any atom is 0.354 e. The molecule has 0 fully saturated rings. The van der Waals surface area contributed by atoms with Crippen molar-refractivity contribution in [2.45, 2.75) is 12.5 Å². The molecule has 0 saturated carbocycles. The predicted molar refractivity (Wildman–Crippen MR) is 49.9 cm³/mol. The van der Waals surface area contributed by atoms with Gasteiger partial charge < -0.3 is 15.5 Å². The van der Waals surface area contributed by atoms with Crippen molar-refractivity contribution in [2.75, 3.05) is 5.32 Å². The zero-order valence-corrected chi connectivity index (χ0v) is 7.60. The van der Waals surface area contributed by atoms with Crippen molar-refractivity contribution in [3.8, 4) is 0 Å². The van der Waals surface area contributed by atoms with Gasteiger partial charge >= 0.3 is 11.9 Å². The Morgan fingerprint density at radius 2 is 2.13 bits per heavy atom. The molecule has 6 heteroatoms. The predicted octanol–water partition coefficient (Wildman–Crippen LogP) is 0.201. The Labute approximate surface area is 84.6 Å². The molecule has 0 radical (unpaired) electrons. The van der Waals surface area contributed by atoms with E-state index in [1.807, 2.05) is 0 Å². The molecule has 1 atom stereocenters. The molecule has 0 spiro atoms. The van der Waals surface area contributed by atoms with Gasteiger partial charge in [-0.1, -0.05) is 6.07 Å². The Morgan fingerprint density at radius 1 is 1.40 bits per heavy atom. The average Bonchev–Trinajstić information content (AvgIpc) is 2.59. The fraction of sp³-hybridized carbons (Fsp3) is 0.222. The van der Waals surface area contributed by atoms with Crippen molar-refractivity contribution in [1.29, 1.82) is 0 Å². The fourth-order valence-corrected chi connectivity index (χ4v) is 1.48. The summed E-state index contributed by atoms with van der Waals surface area (Å²) < 4.78 is 0. The molecule has 15 heavy (non-hydrogen) atoms. The van der Waals surface area contributed by atoms with Crippen LogP contribution in [0, 0.1) is 0 Å². The first-order chi connectivity index (χ1) is 7.08. The topological polar surface area (TPSA) is 99.5 Å². The van der Waals surface area contributed by atoms with E-state index in [4.69, 9.17) is 10.2 Å². The van der Waals surface area contributed by atoms with Crippen LogP contribution in [-0.4, -0.2) is 33.2 Å². The van der Waals surface area contributed by atoms with Crippen molar-refractivity contribution in [3.63, 3.8) is 0 Å². The number of carboxylic acids is 2. The molecule has 3 N–H and O–H groups in total. The van der Waals surface area contributed by atoms with Crippen LogP contribution < -0.4 is 5.32 Å². The first kappa shape index (κ1) is 9.45. The van der Waals surface area contributed by atoms with Gasteiger partial charge in [0.05, 0.1) is 0 Å². The SMILES string of the molecule is O=C(O)c1ccc2c(n1)NC(C(=O)O)C2. The summed E-state index contributed by atoms with van der Waals surface area (Å²) in [6, 6.07) is 2.24. The Balaban J connectivity index is 2.31. The lowest BCUT2D eigenvalue weighted by Gasteiger charge is -2.03. The largest absolute Gasteiger partial charge is 0.480 e. The molecular formula is C9H8N2O4. The second-order valence-corrected chi connectivity index (χ2v) is 3.25. The Morgan fingerprint density at radius 3 is 2.73 bits per heavy atom. The third kappa shape index (κ3) is 1.61. The minimum absolute atomic E-state index is 0.0905. The monoisotopic (exact) mass is 208 g/mol. The average molecular weight is 208 g/mol. The third-order valence-electron chi connectivity index (χ3n) is 2.23. The van der Waals surface area contributed by atoms with Crippen molar-refractivity contribution in [1.82, 2.24) is 4.98 Å². The second kappa shape index (κ2) is 3.23. The van der Waals surface area contributed by atoms with E-state index in [-0.39, 0.29) is 5.69 Å². The number of fused-ring (bicyclic) bond motifs is 1. The van der Waals surface area contributed by atoms with Crippen LogP contribution in [0.5, 0.6) is 0 Å². The number of aromatic carboxylic acids is 1. The fourth-order valence-electron chi connectivity index (χ4n) is 1.48. The van der Waals surface area contributed by atoms with Crippen molar-refractivity contribution < 1.29 is 19.8 Å². The Bertz CT molecular complexity index is 444. The van der Waals surface area contributed by atoms with Crippen LogP contribution in [0.3, 0.4) is 0 Å².